The van der Waals surface area contributed by atoms with Crippen LogP contribution in [0.25, 0.3) is 0 Å². The summed E-state index contributed by atoms with van der Waals surface area (Å²) in [5.74, 6) is -0.153. The van der Waals surface area contributed by atoms with E-state index in [0.717, 1.165) is 19.3 Å². The minimum atomic E-state index is -0.398. The first-order chi connectivity index (χ1) is 9.17. The molecule has 2 amide bonds. The molecule has 5 heteroatoms. The van der Waals surface area contributed by atoms with Gasteiger partial charge in [0, 0.05) is 12.1 Å². The molecular formula is C15H31N3O2. The standard InChI is InChI=1S/C15H31N3O2/c1-7-8-9-10-16-13(19)11(2)17-12(3)14(20)18-15(4,5)6/h11-12,17H,7-10H2,1-6H3,(H,16,19)(H,18,20). The maximum absolute atomic E-state index is 11.9. The van der Waals surface area contributed by atoms with Crippen LogP contribution in [0, 0.1) is 0 Å². The Hall–Kier alpha value is -1.10. The van der Waals surface area contributed by atoms with Crippen LogP contribution in [0.1, 0.15) is 60.8 Å². The fourth-order valence-electron chi connectivity index (χ4n) is 1.74. The van der Waals surface area contributed by atoms with E-state index in [0.29, 0.717) is 6.54 Å². The molecule has 0 saturated heterocycles. The van der Waals surface area contributed by atoms with Gasteiger partial charge in [-0.15, -0.1) is 0 Å². The topological polar surface area (TPSA) is 70.2 Å². The molecule has 0 radical (unpaired) electrons. The first-order valence-electron chi connectivity index (χ1n) is 7.53. The van der Waals surface area contributed by atoms with E-state index in [-0.39, 0.29) is 23.4 Å². The Bertz CT molecular complexity index is 311. The number of carbonyl (C=O) groups excluding carboxylic acids is 2. The molecule has 0 fully saturated rings. The van der Waals surface area contributed by atoms with E-state index in [9.17, 15) is 9.59 Å². The summed E-state index contributed by atoms with van der Waals surface area (Å²) in [6.45, 7) is 12.2. The summed E-state index contributed by atoms with van der Waals surface area (Å²) < 4.78 is 0. The Morgan fingerprint density at radius 2 is 1.55 bits per heavy atom. The molecule has 118 valence electrons. The highest BCUT2D eigenvalue weighted by molar-refractivity contribution is 5.85. The molecular weight excluding hydrogens is 254 g/mol. The lowest BCUT2D eigenvalue weighted by atomic mass is 10.1. The predicted molar refractivity (Wildman–Crippen MR) is 82.5 cm³/mol. The molecule has 0 aliphatic carbocycles. The van der Waals surface area contributed by atoms with Crippen LogP contribution in [0.3, 0.4) is 0 Å². The summed E-state index contributed by atoms with van der Waals surface area (Å²) in [5.41, 5.74) is -0.265. The van der Waals surface area contributed by atoms with E-state index in [4.69, 9.17) is 0 Å². The van der Waals surface area contributed by atoms with E-state index in [2.05, 4.69) is 22.9 Å². The Morgan fingerprint density at radius 1 is 1.00 bits per heavy atom. The lowest BCUT2D eigenvalue weighted by molar-refractivity contribution is -0.125. The molecule has 0 heterocycles. The highest BCUT2D eigenvalue weighted by atomic mass is 16.2. The summed E-state index contributed by atoms with van der Waals surface area (Å²) in [5, 5.41) is 8.79. The molecule has 20 heavy (non-hydrogen) atoms. The molecule has 5 nitrogen and oxygen atoms in total. The van der Waals surface area contributed by atoms with Crippen LogP contribution in [0.5, 0.6) is 0 Å². The molecule has 0 aliphatic rings. The molecule has 0 rings (SSSR count). The Balaban J connectivity index is 4.08. The zero-order valence-corrected chi connectivity index (χ0v) is 13.8. The third-order valence-corrected chi connectivity index (χ3v) is 2.86. The van der Waals surface area contributed by atoms with Crippen molar-refractivity contribution in [2.24, 2.45) is 0 Å². The van der Waals surface area contributed by atoms with Crippen LogP contribution >= 0.6 is 0 Å². The summed E-state index contributed by atoms with van der Waals surface area (Å²) >= 11 is 0. The Kier molecular flexibility index (Phi) is 8.46. The van der Waals surface area contributed by atoms with Crippen LogP contribution in [0.15, 0.2) is 0 Å². The number of unbranched alkanes of at least 4 members (excludes halogenated alkanes) is 2. The van der Waals surface area contributed by atoms with Crippen molar-refractivity contribution in [2.45, 2.75) is 78.4 Å². The van der Waals surface area contributed by atoms with Gasteiger partial charge in [-0.2, -0.15) is 0 Å². The highest BCUT2D eigenvalue weighted by Gasteiger charge is 2.22. The minimum absolute atomic E-state index is 0.0588. The monoisotopic (exact) mass is 285 g/mol. The molecule has 0 spiro atoms. The first-order valence-corrected chi connectivity index (χ1v) is 7.53. The molecule has 0 aliphatic heterocycles. The van der Waals surface area contributed by atoms with Crippen molar-refractivity contribution in [2.75, 3.05) is 6.54 Å². The van der Waals surface area contributed by atoms with Gasteiger partial charge in [-0.1, -0.05) is 19.8 Å². The van der Waals surface area contributed by atoms with Gasteiger partial charge in [-0.25, -0.2) is 0 Å². The number of carbonyl (C=O) groups is 2. The zero-order chi connectivity index (χ0) is 15.8. The van der Waals surface area contributed by atoms with Crippen molar-refractivity contribution >= 4 is 11.8 Å². The van der Waals surface area contributed by atoms with Crippen molar-refractivity contribution in [1.29, 1.82) is 0 Å². The summed E-state index contributed by atoms with van der Waals surface area (Å²) in [6.07, 6.45) is 3.25. The fraction of sp³-hybridized carbons (Fsp3) is 0.867. The van der Waals surface area contributed by atoms with E-state index < -0.39 is 6.04 Å². The average molecular weight is 285 g/mol. The number of rotatable bonds is 8. The maximum atomic E-state index is 11.9. The van der Waals surface area contributed by atoms with Gasteiger partial charge in [-0.3, -0.25) is 14.9 Å². The van der Waals surface area contributed by atoms with Gasteiger partial charge in [0.1, 0.15) is 0 Å². The van der Waals surface area contributed by atoms with Crippen LogP contribution in [-0.2, 0) is 9.59 Å². The summed E-state index contributed by atoms with van der Waals surface area (Å²) in [7, 11) is 0. The molecule has 3 N–H and O–H groups in total. The van der Waals surface area contributed by atoms with E-state index in [1.165, 1.54) is 0 Å². The molecule has 0 aromatic heterocycles. The normalized spacial score (nSPS) is 14.5. The molecule has 0 aromatic carbocycles. The second-order valence-corrected chi connectivity index (χ2v) is 6.35. The van der Waals surface area contributed by atoms with E-state index in [1.807, 2.05) is 20.8 Å². The molecule has 0 bridgehead atoms. The maximum Gasteiger partial charge on any atom is 0.237 e. The van der Waals surface area contributed by atoms with Gasteiger partial charge in [0.15, 0.2) is 0 Å². The number of hydrogen-bond acceptors (Lipinski definition) is 3. The largest absolute Gasteiger partial charge is 0.355 e. The highest BCUT2D eigenvalue weighted by Crippen LogP contribution is 2.00. The lowest BCUT2D eigenvalue weighted by Crippen LogP contribution is -2.54. The average Bonchev–Trinajstić information content (AvgIpc) is 2.32. The predicted octanol–water partition coefficient (Wildman–Crippen LogP) is 1.57. The molecule has 2 unspecified atom stereocenters. The van der Waals surface area contributed by atoms with Gasteiger partial charge in [0.05, 0.1) is 12.1 Å². The molecule has 0 saturated carbocycles. The fourth-order valence-corrected chi connectivity index (χ4v) is 1.74. The van der Waals surface area contributed by atoms with Crippen LogP contribution < -0.4 is 16.0 Å². The second kappa shape index (κ2) is 8.95. The van der Waals surface area contributed by atoms with Gasteiger partial charge >= 0.3 is 0 Å². The zero-order valence-electron chi connectivity index (χ0n) is 13.8. The van der Waals surface area contributed by atoms with Crippen molar-refractivity contribution < 1.29 is 9.59 Å². The Morgan fingerprint density at radius 3 is 2.05 bits per heavy atom. The van der Waals surface area contributed by atoms with Gasteiger partial charge in [0.25, 0.3) is 0 Å². The minimum Gasteiger partial charge on any atom is -0.355 e. The number of amides is 2. The third-order valence-electron chi connectivity index (χ3n) is 2.86. The van der Waals surface area contributed by atoms with E-state index >= 15 is 0 Å². The second-order valence-electron chi connectivity index (χ2n) is 6.35. The molecule has 0 aromatic rings. The van der Waals surface area contributed by atoms with Crippen molar-refractivity contribution in [1.82, 2.24) is 16.0 Å². The van der Waals surface area contributed by atoms with Gasteiger partial charge < -0.3 is 10.6 Å². The van der Waals surface area contributed by atoms with Crippen LogP contribution in [0.4, 0.5) is 0 Å². The van der Waals surface area contributed by atoms with Gasteiger partial charge in [0.2, 0.25) is 11.8 Å². The van der Waals surface area contributed by atoms with E-state index in [1.54, 1.807) is 13.8 Å². The number of nitrogens with one attached hydrogen (secondary N) is 3. The first kappa shape index (κ1) is 18.9. The summed E-state index contributed by atoms with van der Waals surface area (Å²) in [4.78, 5) is 23.8. The Labute approximate surface area is 123 Å². The van der Waals surface area contributed by atoms with Gasteiger partial charge in [-0.05, 0) is 41.0 Å². The quantitative estimate of drug-likeness (QED) is 0.593. The third kappa shape index (κ3) is 8.91. The smallest absolute Gasteiger partial charge is 0.237 e. The van der Waals surface area contributed by atoms with Crippen LogP contribution in [-0.4, -0.2) is 36.0 Å². The molecule has 2 atom stereocenters. The lowest BCUT2D eigenvalue weighted by Gasteiger charge is -2.25. The van der Waals surface area contributed by atoms with Crippen molar-refractivity contribution in [3.05, 3.63) is 0 Å². The van der Waals surface area contributed by atoms with Crippen molar-refractivity contribution in [3.8, 4) is 0 Å². The van der Waals surface area contributed by atoms with Crippen LogP contribution in [0.2, 0.25) is 0 Å². The number of hydrogen-bond donors (Lipinski definition) is 3. The summed E-state index contributed by atoms with van der Waals surface area (Å²) in [6, 6.07) is -0.775. The van der Waals surface area contributed by atoms with Crippen molar-refractivity contribution in [3.63, 3.8) is 0 Å². The SMILES string of the molecule is CCCCCNC(=O)C(C)NC(C)C(=O)NC(C)(C)C.